The number of benzene rings is 1. The fraction of sp³-hybridized carbons (Fsp3) is 0.647. The van der Waals surface area contributed by atoms with Gasteiger partial charge in [-0.1, -0.05) is 30.7 Å². The molecule has 0 aliphatic carbocycles. The van der Waals surface area contributed by atoms with Crippen LogP contribution in [0.15, 0.2) is 24.3 Å². The van der Waals surface area contributed by atoms with Crippen molar-refractivity contribution in [3.8, 4) is 0 Å². The third-order valence-electron chi connectivity index (χ3n) is 4.70. The molecule has 0 saturated carbocycles. The van der Waals surface area contributed by atoms with Crippen molar-refractivity contribution in [2.75, 3.05) is 20.2 Å². The first-order valence-corrected chi connectivity index (χ1v) is 7.75. The van der Waals surface area contributed by atoms with Crippen LogP contribution in [-0.2, 0) is 4.74 Å². The van der Waals surface area contributed by atoms with Crippen LogP contribution < -0.4 is 5.32 Å². The van der Waals surface area contributed by atoms with Gasteiger partial charge in [0.2, 0.25) is 0 Å². The summed E-state index contributed by atoms with van der Waals surface area (Å²) in [5, 5.41) is 4.35. The predicted molar refractivity (Wildman–Crippen MR) is 85.5 cm³/mol. The maximum Gasteiger partial charge on any atom is 0.0628 e. The molecule has 2 unspecified atom stereocenters. The summed E-state index contributed by atoms with van der Waals surface area (Å²) in [5.41, 5.74) is 1.47. The van der Waals surface area contributed by atoms with Gasteiger partial charge in [-0.2, -0.15) is 0 Å². The molecule has 0 amide bonds. The average molecular weight is 296 g/mol. The van der Waals surface area contributed by atoms with Gasteiger partial charge >= 0.3 is 0 Å². The second kappa shape index (κ2) is 6.05. The van der Waals surface area contributed by atoms with E-state index in [0.29, 0.717) is 5.92 Å². The smallest absolute Gasteiger partial charge is 0.0628 e. The Kier molecular flexibility index (Phi) is 4.78. The van der Waals surface area contributed by atoms with Gasteiger partial charge in [0.1, 0.15) is 0 Å². The van der Waals surface area contributed by atoms with E-state index in [4.69, 9.17) is 16.3 Å². The maximum absolute atomic E-state index is 6.17. The SMILES string of the molecule is COC(C)(C)CC1(C)CCNCC1c1cccc(Cl)c1. The Morgan fingerprint density at radius 1 is 1.45 bits per heavy atom. The molecule has 1 aliphatic rings. The third kappa shape index (κ3) is 3.55. The highest BCUT2D eigenvalue weighted by Gasteiger charge is 2.41. The molecular formula is C17H26ClNO. The van der Waals surface area contributed by atoms with Crippen LogP contribution in [0.4, 0.5) is 0 Å². The van der Waals surface area contributed by atoms with Crippen molar-refractivity contribution in [3.05, 3.63) is 34.9 Å². The van der Waals surface area contributed by atoms with Crippen molar-refractivity contribution in [1.82, 2.24) is 5.32 Å². The molecule has 0 bridgehead atoms. The van der Waals surface area contributed by atoms with Gasteiger partial charge in [0.15, 0.2) is 0 Å². The lowest BCUT2D eigenvalue weighted by Gasteiger charge is -2.46. The van der Waals surface area contributed by atoms with Crippen LogP contribution in [0, 0.1) is 5.41 Å². The number of hydrogen-bond donors (Lipinski definition) is 1. The zero-order chi connectivity index (χ0) is 14.8. The van der Waals surface area contributed by atoms with Gasteiger partial charge in [-0.15, -0.1) is 0 Å². The molecule has 3 heteroatoms. The fourth-order valence-electron chi connectivity index (χ4n) is 3.54. The topological polar surface area (TPSA) is 21.3 Å². The molecule has 2 atom stereocenters. The summed E-state index contributed by atoms with van der Waals surface area (Å²) in [6.07, 6.45) is 2.21. The van der Waals surface area contributed by atoms with Crippen molar-refractivity contribution in [1.29, 1.82) is 0 Å². The third-order valence-corrected chi connectivity index (χ3v) is 4.93. The minimum absolute atomic E-state index is 0.0943. The van der Waals surface area contributed by atoms with E-state index in [0.717, 1.165) is 31.0 Å². The number of nitrogens with one attached hydrogen (secondary N) is 1. The van der Waals surface area contributed by atoms with Gasteiger partial charge < -0.3 is 10.1 Å². The Morgan fingerprint density at radius 3 is 2.85 bits per heavy atom. The molecular weight excluding hydrogens is 270 g/mol. The quantitative estimate of drug-likeness (QED) is 0.897. The lowest BCUT2D eigenvalue weighted by Crippen LogP contribution is -2.45. The monoisotopic (exact) mass is 295 g/mol. The summed E-state index contributed by atoms with van der Waals surface area (Å²) in [4.78, 5) is 0. The number of hydrogen-bond acceptors (Lipinski definition) is 2. The highest BCUT2D eigenvalue weighted by atomic mass is 35.5. The van der Waals surface area contributed by atoms with Crippen molar-refractivity contribution in [3.63, 3.8) is 0 Å². The minimum atomic E-state index is -0.0943. The van der Waals surface area contributed by atoms with Crippen LogP contribution in [0.1, 0.15) is 45.1 Å². The van der Waals surface area contributed by atoms with Crippen LogP contribution in [0.2, 0.25) is 5.02 Å². The first kappa shape index (κ1) is 15.8. The summed E-state index contributed by atoms with van der Waals surface area (Å²) in [6, 6.07) is 8.30. The number of halogens is 1. The Morgan fingerprint density at radius 2 is 2.20 bits per heavy atom. The lowest BCUT2D eigenvalue weighted by molar-refractivity contribution is -0.0295. The minimum Gasteiger partial charge on any atom is -0.379 e. The van der Waals surface area contributed by atoms with Crippen molar-refractivity contribution in [2.24, 2.45) is 5.41 Å². The molecule has 1 saturated heterocycles. The Bertz CT molecular complexity index is 460. The molecule has 1 fully saturated rings. The van der Waals surface area contributed by atoms with Crippen LogP contribution in [0.3, 0.4) is 0 Å². The standard InChI is InChI=1S/C17H26ClNO/c1-16(2,20-4)12-17(3)8-9-19-11-15(17)13-6-5-7-14(18)10-13/h5-7,10,15,19H,8-9,11-12H2,1-4H3. The lowest BCUT2D eigenvalue weighted by atomic mass is 9.64. The van der Waals surface area contributed by atoms with Crippen LogP contribution in [0.25, 0.3) is 0 Å². The van der Waals surface area contributed by atoms with E-state index in [1.54, 1.807) is 7.11 Å². The molecule has 0 radical (unpaired) electrons. The van der Waals surface area contributed by atoms with Crippen molar-refractivity contribution < 1.29 is 4.74 Å². The Labute approximate surface area is 127 Å². The van der Waals surface area contributed by atoms with Gasteiger partial charge in [0.05, 0.1) is 5.60 Å². The van der Waals surface area contributed by atoms with Crippen LogP contribution in [-0.4, -0.2) is 25.8 Å². The van der Waals surface area contributed by atoms with E-state index in [1.807, 2.05) is 12.1 Å². The molecule has 0 aromatic heterocycles. The number of ether oxygens (including phenoxy) is 1. The summed E-state index contributed by atoms with van der Waals surface area (Å²) in [5.74, 6) is 0.476. The van der Waals surface area contributed by atoms with Gasteiger partial charge in [0, 0.05) is 24.6 Å². The largest absolute Gasteiger partial charge is 0.379 e. The van der Waals surface area contributed by atoms with Crippen LogP contribution >= 0.6 is 11.6 Å². The molecule has 1 heterocycles. The summed E-state index contributed by atoms with van der Waals surface area (Å²) < 4.78 is 5.67. The van der Waals surface area contributed by atoms with Gasteiger partial charge in [-0.25, -0.2) is 0 Å². The number of rotatable bonds is 4. The molecule has 112 valence electrons. The molecule has 1 N–H and O–H groups in total. The first-order valence-electron chi connectivity index (χ1n) is 7.38. The summed E-state index contributed by atoms with van der Waals surface area (Å²) in [7, 11) is 1.80. The molecule has 1 aliphatic heterocycles. The van der Waals surface area contributed by atoms with Gasteiger partial charge in [-0.05, 0) is 56.3 Å². The van der Waals surface area contributed by atoms with Gasteiger partial charge in [-0.3, -0.25) is 0 Å². The second-order valence-corrected chi connectivity index (χ2v) is 7.29. The fourth-order valence-corrected chi connectivity index (χ4v) is 3.74. The predicted octanol–water partition coefficient (Wildman–Crippen LogP) is 4.24. The average Bonchev–Trinajstić information content (AvgIpc) is 2.38. The first-order chi connectivity index (χ1) is 9.36. The van der Waals surface area contributed by atoms with E-state index >= 15 is 0 Å². The second-order valence-electron chi connectivity index (χ2n) is 6.86. The zero-order valence-corrected chi connectivity index (χ0v) is 13.8. The molecule has 2 nitrogen and oxygen atoms in total. The van der Waals surface area contributed by atoms with E-state index in [1.165, 1.54) is 5.56 Å². The van der Waals surface area contributed by atoms with Gasteiger partial charge in [0.25, 0.3) is 0 Å². The normalized spacial score (nSPS) is 27.6. The summed E-state index contributed by atoms with van der Waals surface area (Å²) >= 11 is 6.17. The van der Waals surface area contributed by atoms with E-state index in [-0.39, 0.29) is 11.0 Å². The number of methoxy groups -OCH3 is 1. The van der Waals surface area contributed by atoms with E-state index in [2.05, 4.69) is 38.2 Å². The van der Waals surface area contributed by atoms with E-state index < -0.39 is 0 Å². The molecule has 1 aromatic rings. The molecule has 2 rings (SSSR count). The molecule has 0 spiro atoms. The highest BCUT2D eigenvalue weighted by molar-refractivity contribution is 6.30. The van der Waals surface area contributed by atoms with Crippen molar-refractivity contribution >= 4 is 11.6 Å². The maximum atomic E-state index is 6.17. The Hall–Kier alpha value is -0.570. The highest BCUT2D eigenvalue weighted by Crippen LogP contribution is 2.46. The Balaban J connectivity index is 2.29. The molecule has 1 aromatic carbocycles. The van der Waals surface area contributed by atoms with Crippen LogP contribution in [0.5, 0.6) is 0 Å². The van der Waals surface area contributed by atoms with E-state index in [9.17, 15) is 0 Å². The summed E-state index contributed by atoms with van der Waals surface area (Å²) in [6.45, 7) is 8.83. The number of piperidine rings is 1. The molecule has 20 heavy (non-hydrogen) atoms. The van der Waals surface area contributed by atoms with Crippen molar-refractivity contribution in [2.45, 2.75) is 45.1 Å². The zero-order valence-electron chi connectivity index (χ0n) is 13.0.